The fourth-order valence-corrected chi connectivity index (χ4v) is 5.13. The lowest BCUT2D eigenvalue weighted by atomic mass is 9.91. The molecular formula is C30H27N2O+. The Morgan fingerprint density at radius 2 is 1.67 bits per heavy atom. The Morgan fingerprint density at radius 1 is 0.909 bits per heavy atom. The van der Waals surface area contributed by atoms with Gasteiger partial charge in [0, 0.05) is 23.9 Å². The molecule has 0 fully saturated rings. The van der Waals surface area contributed by atoms with E-state index >= 15 is 0 Å². The fourth-order valence-electron chi connectivity index (χ4n) is 5.13. The van der Waals surface area contributed by atoms with Crippen LogP contribution in [0.5, 0.6) is 0 Å². The summed E-state index contributed by atoms with van der Waals surface area (Å²) in [4.78, 5) is 4.71. The molecule has 0 aliphatic heterocycles. The maximum atomic E-state index is 8.49. The molecule has 0 amide bonds. The van der Waals surface area contributed by atoms with Gasteiger partial charge in [0.05, 0.1) is 10.9 Å². The molecule has 6 rings (SSSR count). The number of benzene rings is 3. The third kappa shape index (κ3) is 2.88. The zero-order valence-electron chi connectivity index (χ0n) is 20.7. The third-order valence-electron chi connectivity index (χ3n) is 6.85. The van der Waals surface area contributed by atoms with Gasteiger partial charge in [-0.05, 0) is 65.2 Å². The zero-order chi connectivity index (χ0) is 23.8. The maximum absolute atomic E-state index is 8.49. The molecule has 0 atom stereocenters. The molecule has 33 heavy (non-hydrogen) atoms. The van der Waals surface area contributed by atoms with Crippen LogP contribution in [0.2, 0.25) is 0 Å². The zero-order valence-corrected chi connectivity index (χ0v) is 19.7. The summed E-state index contributed by atoms with van der Waals surface area (Å²) >= 11 is 0. The molecule has 3 heteroatoms. The lowest BCUT2D eigenvalue weighted by molar-refractivity contribution is -0.659. The third-order valence-corrected chi connectivity index (χ3v) is 6.85. The Hall–Kier alpha value is -3.72. The van der Waals surface area contributed by atoms with Crippen LogP contribution in [0, 0.1) is 13.8 Å². The lowest BCUT2D eigenvalue weighted by Crippen LogP contribution is -2.30. The highest BCUT2D eigenvalue weighted by Gasteiger charge is 2.26. The van der Waals surface area contributed by atoms with E-state index in [-0.39, 0.29) is 0 Å². The Morgan fingerprint density at radius 3 is 2.45 bits per heavy atom. The number of hydrogen-bond acceptors (Lipinski definition) is 2. The number of hydrogen-bond donors (Lipinski definition) is 0. The molecule has 0 bridgehead atoms. The van der Waals surface area contributed by atoms with Crippen LogP contribution < -0.4 is 4.57 Å². The first kappa shape index (κ1) is 18.8. The van der Waals surface area contributed by atoms with Crippen molar-refractivity contribution < 1.29 is 10.4 Å². The predicted molar refractivity (Wildman–Crippen MR) is 137 cm³/mol. The summed E-state index contributed by atoms with van der Waals surface area (Å²) in [6.45, 7) is 8.03. The number of nitrogens with zero attached hydrogens (tertiary/aromatic N) is 2. The van der Waals surface area contributed by atoms with E-state index in [2.05, 4.69) is 79.3 Å². The molecule has 162 valence electrons. The average molecular weight is 433 g/mol. The van der Waals surface area contributed by atoms with Crippen LogP contribution in [-0.4, -0.2) is 4.98 Å². The maximum Gasteiger partial charge on any atom is 0.227 e. The minimum atomic E-state index is -0.652. The van der Waals surface area contributed by atoms with Gasteiger partial charge in [-0.25, -0.2) is 9.55 Å². The molecule has 0 saturated heterocycles. The molecule has 0 unspecified atom stereocenters. The highest BCUT2D eigenvalue weighted by atomic mass is 16.3. The van der Waals surface area contributed by atoms with E-state index in [1.54, 1.807) is 0 Å². The predicted octanol–water partition coefficient (Wildman–Crippen LogP) is 7.52. The number of furan rings is 1. The highest BCUT2D eigenvalue weighted by Crippen LogP contribution is 2.43. The smallest absolute Gasteiger partial charge is 0.227 e. The first-order valence-electron chi connectivity index (χ1n) is 11.9. The van der Waals surface area contributed by atoms with Gasteiger partial charge in [-0.1, -0.05) is 50.2 Å². The van der Waals surface area contributed by atoms with Crippen molar-refractivity contribution >= 4 is 43.6 Å². The van der Waals surface area contributed by atoms with E-state index in [0.717, 1.165) is 49.6 Å². The van der Waals surface area contributed by atoms with Gasteiger partial charge in [0.2, 0.25) is 11.4 Å². The summed E-state index contributed by atoms with van der Waals surface area (Å²) in [6.07, 6.45) is 2.10. The Labute approximate surface area is 194 Å². The Balaban J connectivity index is 1.82. The van der Waals surface area contributed by atoms with Crippen LogP contribution in [0.4, 0.5) is 0 Å². The van der Waals surface area contributed by atoms with Crippen LogP contribution in [0.1, 0.15) is 37.9 Å². The number of fused-ring (bicyclic) bond motifs is 6. The van der Waals surface area contributed by atoms with Crippen molar-refractivity contribution in [1.82, 2.24) is 4.98 Å². The summed E-state index contributed by atoms with van der Waals surface area (Å²) in [5, 5.41) is 6.82. The fraction of sp³-hybridized carbons (Fsp3) is 0.200. The van der Waals surface area contributed by atoms with Crippen LogP contribution in [0.15, 0.2) is 71.3 Å². The van der Waals surface area contributed by atoms with E-state index < -0.39 is 5.89 Å². The molecule has 0 N–H and O–H groups in total. The van der Waals surface area contributed by atoms with Gasteiger partial charge in [0.25, 0.3) is 0 Å². The number of aromatic nitrogens is 2. The first-order valence-corrected chi connectivity index (χ1v) is 11.4. The van der Waals surface area contributed by atoms with Crippen molar-refractivity contribution in [2.24, 2.45) is 7.05 Å². The van der Waals surface area contributed by atoms with Crippen LogP contribution in [-0.2, 0) is 7.05 Å². The monoisotopic (exact) mass is 432 g/mol. The minimum Gasteiger partial charge on any atom is -0.437 e. The number of aryl methyl sites for hydroxylation is 3. The SMILES string of the molecule is [2H]C(C)(C)c1ccc2c(-c3c(C)c4ccccc4c4c3oc3nc(C)ccc34)[n+](C)ccc2c1. The van der Waals surface area contributed by atoms with Gasteiger partial charge >= 0.3 is 0 Å². The molecule has 0 saturated carbocycles. The summed E-state index contributed by atoms with van der Waals surface area (Å²) in [5.74, 6) is -0.652. The van der Waals surface area contributed by atoms with E-state index in [1.807, 2.05) is 26.8 Å². The molecule has 0 radical (unpaired) electrons. The van der Waals surface area contributed by atoms with Crippen molar-refractivity contribution in [2.45, 2.75) is 33.6 Å². The molecule has 0 aliphatic rings. The summed E-state index contributed by atoms with van der Waals surface area (Å²) in [6, 6.07) is 21.2. The van der Waals surface area contributed by atoms with Crippen molar-refractivity contribution in [1.29, 1.82) is 0 Å². The quantitative estimate of drug-likeness (QED) is 0.265. The van der Waals surface area contributed by atoms with Crippen molar-refractivity contribution in [3.05, 3.63) is 83.7 Å². The Bertz CT molecular complexity index is 1770. The van der Waals surface area contributed by atoms with Crippen molar-refractivity contribution in [3.63, 3.8) is 0 Å². The second-order valence-electron chi connectivity index (χ2n) is 9.23. The van der Waals surface area contributed by atoms with E-state index in [4.69, 9.17) is 10.8 Å². The molecule has 0 spiro atoms. The van der Waals surface area contributed by atoms with Crippen LogP contribution in [0.3, 0.4) is 0 Å². The average Bonchev–Trinajstić information content (AvgIpc) is 3.17. The minimum absolute atomic E-state index is 0.652. The van der Waals surface area contributed by atoms with Crippen molar-refractivity contribution in [2.75, 3.05) is 0 Å². The van der Waals surface area contributed by atoms with Crippen molar-refractivity contribution in [3.8, 4) is 11.3 Å². The standard InChI is InChI=1S/C30H27N2O/c1-17(2)20-11-13-23-21(16-20)14-15-32(5)28(23)26-19(4)22-8-6-7-9-24(22)27-25-12-10-18(3)31-30(25)33-29(26)27/h6-17H,1-5H3/q+1/i17D. The molecule has 3 heterocycles. The summed E-state index contributed by atoms with van der Waals surface area (Å²) in [7, 11) is 2.09. The molecule has 0 aliphatic carbocycles. The van der Waals surface area contributed by atoms with Crippen LogP contribution >= 0.6 is 0 Å². The van der Waals surface area contributed by atoms with E-state index in [0.29, 0.717) is 5.71 Å². The number of rotatable bonds is 2. The van der Waals surface area contributed by atoms with E-state index in [9.17, 15) is 0 Å². The number of pyridine rings is 2. The topological polar surface area (TPSA) is 29.9 Å². The van der Waals surface area contributed by atoms with Crippen LogP contribution in [0.25, 0.3) is 54.9 Å². The second kappa shape index (κ2) is 7.14. The van der Waals surface area contributed by atoms with Gasteiger partial charge in [0.1, 0.15) is 7.05 Å². The molecule has 3 aromatic carbocycles. The molecular weight excluding hydrogens is 404 g/mol. The molecule has 3 aromatic heterocycles. The second-order valence-corrected chi connectivity index (χ2v) is 9.23. The summed E-state index contributed by atoms with van der Waals surface area (Å²) in [5.41, 5.74) is 6.88. The van der Waals surface area contributed by atoms with Gasteiger partial charge in [0.15, 0.2) is 11.8 Å². The van der Waals surface area contributed by atoms with E-state index in [1.165, 1.54) is 16.3 Å². The highest BCUT2D eigenvalue weighted by molar-refractivity contribution is 6.23. The molecule has 3 nitrogen and oxygen atoms in total. The van der Waals surface area contributed by atoms with Gasteiger partial charge < -0.3 is 4.42 Å². The lowest BCUT2D eigenvalue weighted by Gasteiger charge is -2.13. The summed E-state index contributed by atoms with van der Waals surface area (Å²) < 4.78 is 17.2. The van der Waals surface area contributed by atoms with Gasteiger partial charge in [-0.15, -0.1) is 0 Å². The Kier molecular flexibility index (Phi) is 4.07. The first-order chi connectivity index (χ1) is 16.2. The normalized spacial score (nSPS) is 12.8. The largest absolute Gasteiger partial charge is 0.437 e. The molecule has 6 aromatic rings. The van der Waals surface area contributed by atoms with Gasteiger partial charge in [-0.3, -0.25) is 0 Å². The van der Waals surface area contributed by atoms with Gasteiger partial charge in [-0.2, -0.15) is 0 Å².